The third-order valence-electron chi connectivity index (χ3n) is 7.27. The molecule has 1 aliphatic rings. The maximum absolute atomic E-state index is 15.3. The highest BCUT2D eigenvalue weighted by Crippen LogP contribution is 2.39. The molecule has 2 heterocycles. The summed E-state index contributed by atoms with van der Waals surface area (Å²) in [5.41, 5.74) is 2.65. The number of rotatable bonds is 9. The molecule has 0 aliphatic heterocycles. The summed E-state index contributed by atoms with van der Waals surface area (Å²) in [5.74, 6) is -2.71. The van der Waals surface area contributed by atoms with Gasteiger partial charge in [0.2, 0.25) is 10.0 Å². The fraction of sp³-hybridized carbons (Fsp3) is 0.167. The molecule has 0 saturated heterocycles. The molecule has 0 radical (unpaired) electrons. The lowest BCUT2D eigenvalue weighted by atomic mass is 9.94. The molecule has 13 heteroatoms. The predicted octanol–water partition coefficient (Wildman–Crippen LogP) is 6.53. The van der Waals surface area contributed by atoms with E-state index in [1.165, 1.54) is 47.8 Å². The van der Waals surface area contributed by atoms with Crippen molar-refractivity contribution in [3.8, 4) is 27.5 Å². The molecule has 1 unspecified atom stereocenters. The van der Waals surface area contributed by atoms with Crippen molar-refractivity contribution in [2.75, 3.05) is 0 Å². The minimum absolute atomic E-state index is 0.00449. The first-order chi connectivity index (χ1) is 20.5. The Bertz CT molecular complexity index is 1930. The third-order valence-corrected chi connectivity index (χ3v) is 9.01. The second-order valence-electron chi connectivity index (χ2n) is 10.4. The molecule has 6 rings (SSSR count). The SMILES string of the molecule is N[S+](=O)(O)c1ccc(Cc2c(-c3ccc(F)c(-c4cccc(F)c4)c3)nn(-c3nc(C(=O)O)cs3)c2CC2CC2)c(F)c1. The van der Waals surface area contributed by atoms with Crippen LogP contribution in [0.5, 0.6) is 0 Å². The fourth-order valence-electron chi connectivity index (χ4n) is 4.92. The molecule has 0 bridgehead atoms. The van der Waals surface area contributed by atoms with Gasteiger partial charge in [0.15, 0.2) is 5.69 Å². The number of carboxylic acid groups (broad SMARTS) is 1. The second kappa shape index (κ2) is 11.2. The van der Waals surface area contributed by atoms with Crippen LogP contribution < -0.4 is 5.14 Å². The van der Waals surface area contributed by atoms with Crippen molar-refractivity contribution in [3.05, 3.63) is 106 Å². The molecule has 220 valence electrons. The van der Waals surface area contributed by atoms with Crippen LogP contribution in [0, 0.1) is 23.4 Å². The van der Waals surface area contributed by atoms with Crippen LogP contribution in [0.25, 0.3) is 27.5 Å². The van der Waals surface area contributed by atoms with Gasteiger partial charge in [-0.25, -0.2) is 27.6 Å². The Hall–Kier alpha value is -4.17. The number of thiazole rings is 1. The smallest absolute Gasteiger partial charge is 0.355 e. The van der Waals surface area contributed by atoms with E-state index in [-0.39, 0.29) is 28.1 Å². The Morgan fingerprint density at radius 2 is 1.84 bits per heavy atom. The number of aromatic carboxylic acids is 1. The van der Waals surface area contributed by atoms with Crippen LogP contribution in [0.4, 0.5) is 13.2 Å². The molecule has 1 atom stereocenters. The van der Waals surface area contributed by atoms with Gasteiger partial charge in [-0.2, -0.15) is 9.65 Å². The molecule has 1 saturated carbocycles. The lowest BCUT2D eigenvalue weighted by Crippen LogP contribution is -2.20. The summed E-state index contributed by atoms with van der Waals surface area (Å²) in [6.07, 6.45) is 2.51. The fourth-order valence-corrected chi connectivity index (χ4v) is 6.23. The Morgan fingerprint density at radius 1 is 1.05 bits per heavy atom. The normalized spacial score (nSPS) is 14.5. The molecular formula is C30H24F3N4O4S2+. The highest BCUT2D eigenvalue weighted by molar-refractivity contribution is 7.95. The quantitative estimate of drug-likeness (QED) is 0.160. The van der Waals surface area contributed by atoms with E-state index < -0.39 is 33.8 Å². The largest absolute Gasteiger partial charge is 0.476 e. The average molecular weight is 626 g/mol. The van der Waals surface area contributed by atoms with Gasteiger partial charge in [0.05, 0.1) is 11.4 Å². The molecule has 1 fully saturated rings. The van der Waals surface area contributed by atoms with Crippen molar-refractivity contribution in [3.63, 3.8) is 0 Å². The molecule has 3 aromatic carbocycles. The van der Waals surface area contributed by atoms with E-state index in [1.807, 2.05) is 0 Å². The first-order valence-electron chi connectivity index (χ1n) is 13.2. The molecule has 4 N–H and O–H groups in total. The van der Waals surface area contributed by atoms with Gasteiger partial charge >= 0.3 is 16.4 Å². The topological polar surface area (TPSA) is 131 Å². The van der Waals surface area contributed by atoms with Gasteiger partial charge in [-0.3, -0.25) is 0 Å². The minimum Gasteiger partial charge on any atom is -0.476 e. The van der Waals surface area contributed by atoms with Crippen LogP contribution in [-0.2, 0) is 27.5 Å². The minimum atomic E-state index is -3.88. The third kappa shape index (κ3) is 6.02. The van der Waals surface area contributed by atoms with E-state index in [2.05, 4.69) is 4.98 Å². The number of aromatic nitrogens is 3. The van der Waals surface area contributed by atoms with E-state index >= 15 is 8.78 Å². The van der Waals surface area contributed by atoms with E-state index in [0.29, 0.717) is 45.5 Å². The number of nitrogens with zero attached hydrogens (tertiary/aromatic N) is 3. The first-order valence-corrected chi connectivity index (χ1v) is 15.6. The van der Waals surface area contributed by atoms with E-state index in [4.69, 9.17) is 10.2 Å². The number of nitrogens with two attached hydrogens (primary N) is 1. The Balaban J connectivity index is 1.55. The number of halogens is 3. The predicted molar refractivity (Wildman–Crippen MR) is 156 cm³/mol. The van der Waals surface area contributed by atoms with Gasteiger partial charge in [0, 0.05) is 34.6 Å². The van der Waals surface area contributed by atoms with Crippen molar-refractivity contribution < 1.29 is 31.8 Å². The zero-order chi connectivity index (χ0) is 30.5. The number of carboxylic acids is 1. The molecule has 0 amide bonds. The molecule has 43 heavy (non-hydrogen) atoms. The molecule has 2 aromatic heterocycles. The lowest BCUT2D eigenvalue weighted by molar-refractivity contribution is 0.0691. The number of carbonyl (C=O) groups is 1. The first kappa shape index (κ1) is 28.9. The van der Waals surface area contributed by atoms with Crippen LogP contribution in [0.15, 0.2) is 70.9 Å². The molecule has 8 nitrogen and oxygen atoms in total. The summed E-state index contributed by atoms with van der Waals surface area (Å²) in [6, 6.07) is 13.4. The lowest BCUT2D eigenvalue weighted by Gasteiger charge is -2.11. The van der Waals surface area contributed by atoms with Crippen LogP contribution in [0.3, 0.4) is 0 Å². The van der Waals surface area contributed by atoms with Crippen molar-refractivity contribution in [1.29, 1.82) is 0 Å². The summed E-state index contributed by atoms with van der Waals surface area (Å²) in [7, 11) is -3.88. The zero-order valence-corrected chi connectivity index (χ0v) is 24.0. The van der Waals surface area contributed by atoms with Gasteiger partial charge in [-0.05, 0) is 76.9 Å². The van der Waals surface area contributed by atoms with Gasteiger partial charge < -0.3 is 5.11 Å². The van der Waals surface area contributed by atoms with Crippen LogP contribution in [-0.4, -0.2) is 30.4 Å². The van der Waals surface area contributed by atoms with Crippen molar-refractivity contribution in [2.45, 2.75) is 30.6 Å². The zero-order valence-electron chi connectivity index (χ0n) is 22.3. The maximum Gasteiger partial charge on any atom is 0.355 e. The average Bonchev–Trinajstić information content (AvgIpc) is 3.51. The van der Waals surface area contributed by atoms with Crippen LogP contribution in [0.2, 0.25) is 0 Å². The van der Waals surface area contributed by atoms with Crippen molar-refractivity contribution in [1.82, 2.24) is 14.8 Å². The summed E-state index contributed by atoms with van der Waals surface area (Å²) >= 11 is 1.09. The highest BCUT2D eigenvalue weighted by Gasteiger charge is 2.31. The van der Waals surface area contributed by atoms with Gasteiger partial charge in [0.1, 0.15) is 17.5 Å². The second-order valence-corrected chi connectivity index (χ2v) is 12.8. The summed E-state index contributed by atoms with van der Waals surface area (Å²) in [6.45, 7) is 0. The van der Waals surface area contributed by atoms with Gasteiger partial charge in [0.25, 0.3) is 0 Å². The molecule has 0 spiro atoms. The van der Waals surface area contributed by atoms with Crippen LogP contribution in [0.1, 0.15) is 40.2 Å². The standard InChI is InChI=1S/C30H23F3N4O4S2/c31-20-3-1-2-17(11-20)22-13-19(7-9-24(22)32)28-23(12-18-6-8-21(14-25(18)33)43(34,40)41)27(10-16-4-5-16)37(36-28)30-35-26(15-42-30)29(38)39/h1-3,6-9,11,13-16H,4-5,10,12H2,(H3-,34,38,39,40,41)/p+1. The van der Waals surface area contributed by atoms with Crippen molar-refractivity contribution >= 4 is 27.7 Å². The van der Waals surface area contributed by atoms with E-state index in [0.717, 1.165) is 30.2 Å². The summed E-state index contributed by atoms with van der Waals surface area (Å²) in [4.78, 5) is 15.6. The molecule has 5 aromatic rings. The number of hydrogen-bond donors (Lipinski definition) is 3. The Kier molecular flexibility index (Phi) is 7.50. The summed E-state index contributed by atoms with van der Waals surface area (Å²) < 4.78 is 67.5. The monoisotopic (exact) mass is 625 g/mol. The Morgan fingerprint density at radius 3 is 2.49 bits per heavy atom. The van der Waals surface area contributed by atoms with E-state index in [1.54, 1.807) is 16.8 Å². The van der Waals surface area contributed by atoms with Crippen molar-refractivity contribution in [2.24, 2.45) is 11.1 Å². The summed E-state index contributed by atoms with van der Waals surface area (Å²) in [5, 5.41) is 21.3. The molecule has 1 aliphatic carbocycles. The number of hydrogen-bond acceptors (Lipinski definition) is 5. The molecular weight excluding hydrogens is 601 g/mol. The van der Waals surface area contributed by atoms with Gasteiger partial charge in [-0.15, -0.1) is 16.5 Å². The van der Waals surface area contributed by atoms with Gasteiger partial charge in [-0.1, -0.05) is 18.2 Å². The Labute approximate surface area is 249 Å². The maximum atomic E-state index is 15.3. The van der Waals surface area contributed by atoms with E-state index in [9.17, 15) is 23.1 Å². The van der Waals surface area contributed by atoms with Crippen LogP contribution >= 0.6 is 11.3 Å². The highest BCUT2D eigenvalue weighted by atomic mass is 32.3. The number of benzene rings is 3.